The summed E-state index contributed by atoms with van der Waals surface area (Å²) in [5.41, 5.74) is 1.45. The fraction of sp³-hybridized carbons (Fsp3) is 0.611. The molecule has 0 bridgehead atoms. The molecule has 7 nitrogen and oxygen atoms in total. The van der Waals surface area contributed by atoms with Crippen molar-refractivity contribution in [3.8, 4) is 0 Å². The highest BCUT2D eigenvalue weighted by atomic mass is 16.3. The number of aliphatic hydroxyl groups is 1. The van der Waals surface area contributed by atoms with Crippen LogP contribution in [0.4, 0.5) is 0 Å². The summed E-state index contributed by atoms with van der Waals surface area (Å²) in [5, 5.41) is 17.8. The smallest absolute Gasteiger partial charge is 0.274 e. The lowest BCUT2D eigenvalue weighted by atomic mass is 9.91. The van der Waals surface area contributed by atoms with Crippen LogP contribution < -0.4 is 0 Å². The van der Waals surface area contributed by atoms with E-state index in [0.717, 1.165) is 25.0 Å². The van der Waals surface area contributed by atoms with Gasteiger partial charge in [0.2, 0.25) is 0 Å². The van der Waals surface area contributed by atoms with E-state index in [2.05, 4.69) is 29.0 Å². The van der Waals surface area contributed by atoms with Crippen LogP contribution in [0.3, 0.4) is 0 Å². The first-order chi connectivity index (χ1) is 12.0. The largest absolute Gasteiger partial charge is 0.385 e. The van der Waals surface area contributed by atoms with Crippen LogP contribution in [0.2, 0.25) is 0 Å². The maximum Gasteiger partial charge on any atom is 0.274 e. The fourth-order valence-electron chi connectivity index (χ4n) is 3.50. The predicted octanol–water partition coefficient (Wildman–Crippen LogP) is 1.93. The average Bonchev–Trinajstić information content (AvgIpc) is 3.22. The first-order valence-corrected chi connectivity index (χ1v) is 8.94. The molecule has 1 amide bonds. The van der Waals surface area contributed by atoms with Gasteiger partial charge in [-0.05, 0) is 31.2 Å². The SMILES string of the molecule is CC(C)Cc1cc(C(=O)N2CCCC(C(O)c3nccn3C)C2)n[nH]1. The van der Waals surface area contributed by atoms with Gasteiger partial charge < -0.3 is 14.6 Å². The quantitative estimate of drug-likeness (QED) is 0.867. The molecule has 2 N–H and O–H groups in total. The number of aromatic nitrogens is 4. The maximum absolute atomic E-state index is 12.8. The molecule has 0 aromatic carbocycles. The van der Waals surface area contributed by atoms with E-state index in [1.54, 1.807) is 11.1 Å². The topological polar surface area (TPSA) is 87.0 Å². The van der Waals surface area contributed by atoms with Crippen molar-refractivity contribution in [3.63, 3.8) is 0 Å². The Morgan fingerprint density at radius 3 is 2.96 bits per heavy atom. The third-order valence-electron chi connectivity index (χ3n) is 4.79. The Morgan fingerprint density at radius 2 is 2.28 bits per heavy atom. The molecule has 1 aliphatic heterocycles. The lowest BCUT2D eigenvalue weighted by Crippen LogP contribution is -2.42. The molecule has 1 aliphatic rings. The van der Waals surface area contributed by atoms with Gasteiger partial charge >= 0.3 is 0 Å². The highest BCUT2D eigenvalue weighted by Gasteiger charge is 2.32. The number of likely N-dealkylation sites (tertiary alicyclic amines) is 1. The molecule has 2 unspecified atom stereocenters. The van der Waals surface area contributed by atoms with E-state index in [4.69, 9.17) is 0 Å². The molecule has 0 aliphatic carbocycles. The summed E-state index contributed by atoms with van der Waals surface area (Å²) in [6, 6.07) is 1.85. The van der Waals surface area contributed by atoms with Gasteiger partial charge in [-0.15, -0.1) is 0 Å². The minimum Gasteiger partial charge on any atom is -0.385 e. The molecule has 0 saturated carbocycles. The van der Waals surface area contributed by atoms with Gasteiger partial charge in [-0.1, -0.05) is 13.8 Å². The summed E-state index contributed by atoms with van der Waals surface area (Å²) in [6.07, 6.45) is 5.49. The Morgan fingerprint density at radius 1 is 1.48 bits per heavy atom. The minimum absolute atomic E-state index is 0.00660. The van der Waals surface area contributed by atoms with Gasteiger partial charge in [0.1, 0.15) is 17.6 Å². The molecular formula is C18H27N5O2. The first-order valence-electron chi connectivity index (χ1n) is 8.94. The molecular weight excluding hydrogens is 318 g/mol. The number of imidazole rings is 1. The van der Waals surface area contributed by atoms with Gasteiger partial charge in [0.25, 0.3) is 5.91 Å². The maximum atomic E-state index is 12.8. The number of aryl methyl sites for hydroxylation is 1. The summed E-state index contributed by atoms with van der Waals surface area (Å²) in [6.45, 7) is 5.50. The van der Waals surface area contributed by atoms with Crippen molar-refractivity contribution in [2.75, 3.05) is 13.1 Å². The number of carbonyl (C=O) groups is 1. The van der Waals surface area contributed by atoms with Crippen LogP contribution >= 0.6 is 0 Å². The van der Waals surface area contributed by atoms with Gasteiger partial charge in [0, 0.05) is 44.1 Å². The van der Waals surface area contributed by atoms with Crippen molar-refractivity contribution in [1.82, 2.24) is 24.6 Å². The number of hydrogen-bond donors (Lipinski definition) is 2. The number of aromatic amines is 1. The zero-order valence-corrected chi connectivity index (χ0v) is 15.1. The standard InChI is InChI=1S/C18H27N5O2/c1-12(2)9-14-10-15(21-20-14)18(25)23-7-4-5-13(11-23)16(24)17-19-6-8-22(17)3/h6,8,10,12-13,16,24H,4-5,7,9,11H2,1-3H3,(H,20,21). The molecule has 25 heavy (non-hydrogen) atoms. The third-order valence-corrected chi connectivity index (χ3v) is 4.79. The van der Waals surface area contributed by atoms with E-state index in [-0.39, 0.29) is 11.8 Å². The zero-order chi connectivity index (χ0) is 18.0. The van der Waals surface area contributed by atoms with Crippen LogP contribution in [0.5, 0.6) is 0 Å². The highest BCUT2D eigenvalue weighted by molar-refractivity contribution is 5.92. The van der Waals surface area contributed by atoms with E-state index < -0.39 is 6.10 Å². The summed E-state index contributed by atoms with van der Waals surface area (Å²) in [5.74, 6) is 1.09. The Kier molecular flexibility index (Phi) is 5.22. The summed E-state index contributed by atoms with van der Waals surface area (Å²) in [4.78, 5) is 18.8. The average molecular weight is 345 g/mol. The van der Waals surface area contributed by atoms with Gasteiger partial charge in [-0.3, -0.25) is 9.89 Å². The number of hydrogen-bond acceptors (Lipinski definition) is 4. The normalized spacial score (nSPS) is 19.4. The van der Waals surface area contributed by atoms with Gasteiger partial charge in [-0.2, -0.15) is 5.10 Å². The van der Waals surface area contributed by atoms with Crippen molar-refractivity contribution in [2.45, 2.75) is 39.2 Å². The van der Waals surface area contributed by atoms with E-state index in [0.29, 0.717) is 30.5 Å². The van der Waals surface area contributed by atoms with E-state index in [9.17, 15) is 9.90 Å². The molecule has 1 fully saturated rings. The molecule has 2 aromatic heterocycles. The number of nitrogens with zero attached hydrogens (tertiary/aromatic N) is 4. The van der Waals surface area contributed by atoms with Gasteiger partial charge in [0.05, 0.1) is 0 Å². The zero-order valence-electron chi connectivity index (χ0n) is 15.1. The highest BCUT2D eigenvalue weighted by Crippen LogP contribution is 2.29. The molecule has 2 aromatic rings. The molecule has 1 saturated heterocycles. The Labute approximate surface area is 148 Å². The van der Waals surface area contributed by atoms with Crippen LogP contribution in [0.25, 0.3) is 0 Å². The molecule has 3 heterocycles. The number of piperidine rings is 1. The van der Waals surface area contributed by atoms with Gasteiger partial charge in [-0.25, -0.2) is 4.98 Å². The van der Waals surface area contributed by atoms with Crippen molar-refractivity contribution in [3.05, 3.63) is 35.7 Å². The van der Waals surface area contributed by atoms with E-state index in [1.165, 1.54) is 0 Å². The predicted molar refractivity (Wildman–Crippen MR) is 93.9 cm³/mol. The second-order valence-corrected chi connectivity index (χ2v) is 7.37. The van der Waals surface area contributed by atoms with E-state index >= 15 is 0 Å². The van der Waals surface area contributed by atoms with E-state index in [1.807, 2.05) is 23.9 Å². The number of H-pyrrole nitrogens is 1. The molecule has 2 atom stereocenters. The second-order valence-electron chi connectivity index (χ2n) is 7.37. The third kappa shape index (κ3) is 3.92. The summed E-state index contributed by atoms with van der Waals surface area (Å²) >= 11 is 0. The van der Waals surface area contributed by atoms with Crippen LogP contribution in [0.15, 0.2) is 18.5 Å². The van der Waals surface area contributed by atoms with Crippen LogP contribution in [-0.2, 0) is 13.5 Å². The summed E-state index contributed by atoms with van der Waals surface area (Å²) in [7, 11) is 1.87. The molecule has 3 rings (SSSR count). The van der Waals surface area contributed by atoms with Crippen LogP contribution in [0, 0.1) is 11.8 Å². The lowest BCUT2D eigenvalue weighted by Gasteiger charge is -2.34. The molecule has 7 heteroatoms. The van der Waals surface area contributed by atoms with Crippen molar-refractivity contribution in [2.24, 2.45) is 18.9 Å². The Bertz CT molecular complexity index is 721. The first kappa shape index (κ1) is 17.7. The van der Waals surface area contributed by atoms with Crippen LogP contribution in [-0.4, -0.2) is 48.8 Å². The van der Waals surface area contributed by atoms with Crippen LogP contribution in [0.1, 0.15) is 54.8 Å². The lowest BCUT2D eigenvalue weighted by molar-refractivity contribution is 0.0355. The number of nitrogens with one attached hydrogen (secondary N) is 1. The Balaban J connectivity index is 1.67. The van der Waals surface area contributed by atoms with Gasteiger partial charge in [0.15, 0.2) is 0 Å². The second kappa shape index (κ2) is 7.39. The molecule has 0 spiro atoms. The van der Waals surface area contributed by atoms with Crippen molar-refractivity contribution < 1.29 is 9.90 Å². The Hall–Kier alpha value is -2.15. The number of aliphatic hydroxyl groups excluding tert-OH is 1. The number of carbonyl (C=O) groups excluding carboxylic acids is 1. The molecule has 0 radical (unpaired) electrons. The minimum atomic E-state index is -0.661. The fourth-order valence-corrected chi connectivity index (χ4v) is 3.50. The number of rotatable bonds is 5. The van der Waals surface area contributed by atoms with Crippen molar-refractivity contribution >= 4 is 5.91 Å². The van der Waals surface area contributed by atoms with Crippen molar-refractivity contribution in [1.29, 1.82) is 0 Å². The molecule has 136 valence electrons. The number of amides is 1. The summed E-state index contributed by atoms with van der Waals surface area (Å²) < 4.78 is 1.83. The monoisotopic (exact) mass is 345 g/mol.